The van der Waals surface area contributed by atoms with Crippen molar-refractivity contribution in [2.24, 2.45) is 17.8 Å². The van der Waals surface area contributed by atoms with E-state index < -0.39 is 23.7 Å². The van der Waals surface area contributed by atoms with Gasteiger partial charge in [0.25, 0.3) is 0 Å². The second-order valence-corrected chi connectivity index (χ2v) is 13.3. The van der Waals surface area contributed by atoms with Crippen LogP contribution in [0.4, 0.5) is 5.69 Å². The molecular weight excluding hydrogens is 745 g/mol. The molecule has 4 unspecified atom stereocenters. The number of nitrogens with zero attached hydrogens (tertiary/aromatic N) is 1. The number of carbonyl (C=O) groups excluding carboxylic acids is 4. The molecule has 0 spiro atoms. The highest BCUT2D eigenvalue weighted by Crippen LogP contribution is 2.58. The number of aromatic hydroxyl groups is 1. The molecule has 4 atom stereocenters. The van der Waals surface area contributed by atoms with Crippen molar-refractivity contribution < 1.29 is 29.0 Å². The number of carbonyl (C=O) groups is 4. The molecule has 1 heterocycles. The lowest BCUT2D eigenvalue weighted by molar-refractivity contribution is -0.123. The molecule has 1 saturated heterocycles. The van der Waals surface area contributed by atoms with Gasteiger partial charge in [0.2, 0.25) is 11.8 Å². The molecule has 41 heavy (non-hydrogen) atoms. The summed E-state index contributed by atoms with van der Waals surface area (Å²) in [6.07, 6.45) is 3.64. The van der Waals surface area contributed by atoms with Gasteiger partial charge in [0.15, 0.2) is 23.1 Å². The minimum absolute atomic E-state index is 0.125. The van der Waals surface area contributed by atoms with E-state index in [-0.39, 0.29) is 45.8 Å². The van der Waals surface area contributed by atoms with Crippen molar-refractivity contribution in [3.8, 4) is 11.5 Å². The van der Waals surface area contributed by atoms with Gasteiger partial charge in [-0.1, -0.05) is 29.3 Å². The van der Waals surface area contributed by atoms with Crippen LogP contribution in [0, 0.1) is 24.7 Å². The lowest BCUT2D eigenvalue weighted by Gasteiger charge is -2.42. The molecule has 3 aliphatic carbocycles. The van der Waals surface area contributed by atoms with Crippen molar-refractivity contribution >= 4 is 88.5 Å². The number of Topliss-reactive ketones (excluding diaryl/α,β-unsaturated/α-hetero) is 1. The van der Waals surface area contributed by atoms with Crippen molar-refractivity contribution in [2.45, 2.75) is 25.7 Å². The zero-order valence-electron chi connectivity index (χ0n) is 21.6. The summed E-state index contributed by atoms with van der Waals surface area (Å²) in [6, 6.07) is 6.71. The summed E-state index contributed by atoms with van der Waals surface area (Å²) in [7, 11) is 1.42. The van der Waals surface area contributed by atoms with Crippen LogP contribution in [0.25, 0.3) is 0 Å². The number of amides is 2. The summed E-state index contributed by atoms with van der Waals surface area (Å²) in [6.45, 7) is 1.84. The Morgan fingerprint density at radius 1 is 1.02 bits per heavy atom. The fourth-order valence-electron chi connectivity index (χ4n) is 6.51. The lowest BCUT2D eigenvalue weighted by atomic mass is 9.59. The molecule has 2 amide bonds. The number of methoxy groups -OCH3 is 1. The molecule has 4 aliphatic rings. The van der Waals surface area contributed by atoms with Gasteiger partial charge < -0.3 is 9.84 Å². The van der Waals surface area contributed by atoms with E-state index >= 15 is 0 Å². The fourth-order valence-corrected chi connectivity index (χ4v) is 8.09. The first-order valence-corrected chi connectivity index (χ1v) is 15.5. The van der Waals surface area contributed by atoms with Gasteiger partial charge >= 0.3 is 0 Å². The Bertz CT molecular complexity index is 1710. The summed E-state index contributed by atoms with van der Waals surface area (Å²) in [5.41, 5.74) is 3.22. The highest BCUT2D eigenvalue weighted by molar-refractivity contribution is 9.13. The first-order chi connectivity index (χ1) is 19.5. The second kappa shape index (κ2) is 10.3. The second-order valence-electron chi connectivity index (χ2n) is 10.5. The number of ether oxygens (including phenoxy) is 1. The number of phenolic OH excluding ortho intramolecular Hbond substituents is 1. The van der Waals surface area contributed by atoms with Crippen LogP contribution < -0.4 is 9.64 Å². The zero-order chi connectivity index (χ0) is 29.5. The molecule has 0 aromatic heterocycles. The number of imide groups is 1. The highest BCUT2D eigenvalue weighted by Gasteiger charge is 2.57. The Hall–Kier alpha value is -2.53. The molecule has 2 aromatic rings. The summed E-state index contributed by atoms with van der Waals surface area (Å²) in [5, 5.41) is 11.0. The SMILES string of the molecule is COc1cc(C2C3=CCC4C(=O)N(c5ccc(C)c(Cl)c5)C(=O)C4C3CC3=C2C(=O)C=C(Br)C3=O)c(Br)c(Br)c1O. The molecule has 2 aromatic carbocycles. The van der Waals surface area contributed by atoms with Crippen LogP contribution in [-0.2, 0) is 19.2 Å². The van der Waals surface area contributed by atoms with Crippen LogP contribution in [0.2, 0.25) is 5.02 Å². The third kappa shape index (κ3) is 4.24. The van der Waals surface area contributed by atoms with Gasteiger partial charge in [-0.2, -0.15) is 0 Å². The van der Waals surface area contributed by atoms with Crippen LogP contribution in [0.15, 0.2) is 66.6 Å². The number of hydrogen-bond donors (Lipinski definition) is 1. The molecule has 1 N–H and O–H groups in total. The number of hydrogen-bond acceptors (Lipinski definition) is 6. The van der Waals surface area contributed by atoms with E-state index in [0.717, 1.165) is 11.1 Å². The monoisotopic (exact) mass is 763 g/mol. The smallest absolute Gasteiger partial charge is 0.238 e. The Kier molecular flexibility index (Phi) is 7.20. The van der Waals surface area contributed by atoms with E-state index in [1.54, 1.807) is 24.3 Å². The standard InChI is InChI=1S/C30H21Br3ClNO6/c1-11-3-4-12(7-19(11)34)35-29(39)14-6-5-13-15(23(14)30(35)40)8-17-24(20(36)10-18(31)27(17)37)22(13)16-9-21(41-2)28(38)26(33)25(16)32/h3-5,7,9-10,14-15,22-23,38H,6,8H2,1-2H3. The average Bonchev–Trinajstić information content (AvgIpc) is 3.21. The van der Waals surface area contributed by atoms with Crippen LogP contribution in [0.5, 0.6) is 11.5 Å². The molecule has 1 aliphatic heterocycles. The number of allylic oxidation sites excluding steroid dienone is 6. The Morgan fingerprint density at radius 2 is 1.76 bits per heavy atom. The molecule has 0 saturated carbocycles. The number of fused-ring (bicyclic) bond motifs is 3. The quantitative estimate of drug-likeness (QED) is 0.209. The number of phenols is 1. The van der Waals surface area contributed by atoms with Gasteiger partial charge in [-0.3, -0.25) is 19.2 Å². The maximum atomic E-state index is 14.1. The minimum atomic E-state index is -0.729. The largest absolute Gasteiger partial charge is 0.503 e. The Balaban J connectivity index is 1.53. The van der Waals surface area contributed by atoms with E-state index in [1.807, 2.05) is 13.0 Å². The summed E-state index contributed by atoms with van der Waals surface area (Å²) in [5.74, 6) is -3.84. The third-order valence-corrected chi connectivity index (χ3v) is 11.6. The van der Waals surface area contributed by atoms with Crippen molar-refractivity contribution in [3.63, 3.8) is 0 Å². The van der Waals surface area contributed by atoms with Crippen LogP contribution in [0.3, 0.4) is 0 Å². The Morgan fingerprint density at radius 3 is 2.44 bits per heavy atom. The molecule has 210 valence electrons. The molecule has 11 heteroatoms. The van der Waals surface area contributed by atoms with Crippen LogP contribution in [0.1, 0.15) is 29.9 Å². The number of anilines is 1. The van der Waals surface area contributed by atoms with E-state index in [4.69, 9.17) is 16.3 Å². The Labute approximate surface area is 265 Å². The van der Waals surface area contributed by atoms with Gasteiger partial charge in [-0.15, -0.1) is 0 Å². The highest BCUT2D eigenvalue weighted by atomic mass is 79.9. The van der Waals surface area contributed by atoms with E-state index in [1.165, 1.54) is 18.1 Å². The van der Waals surface area contributed by atoms with Gasteiger partial charge in [0, 0.05) is 32.6 Å². The normalized spacial score (nSPS) is 25.6. The van der Waals surface area contributed by atoms with Gasteiger partial charge in [-0.05, 0) is 103 Å². The molecule has 0 radical (unpaired) electrons. The number of ketones is 2. The molecule has 6 rings (SSSR count). The van der Waals surface area contributed by atoms with Gasteiger partial charge in [0.1, 0.15) is 0 Å². The molecule has 0 bridgehead atoms. The first kappa shape index (κ1) is 28.6. The first-order valence-electron chi connectivity index (χ1n) is 12.7. The van der Waals surface area contributed by atoms with E-state index in [2.05, 4.69) is 47.8 Å². The summed E-state index contributed by atoms with van der Waals surface area (Å²) >= 11 is 16.6. The molecular formula is C30H21Br3ClNO6. The van der Waals surface area contributed by atoms with Crippen molar-refractivity contribution in [1.29, 1.82) is 0 Å². The predicted octanol–water partition coefficient (Wildman–Crippen LogP) is 6.85. The van der Waals surface area contributed by atoms with Gasteiger partial charge in [0.05, 0.1) is 33.6 Å². The predicted molar refractivity (Wildman–Crippen MR) is 163 cm³/mol. The van der Waals surface area contributed by atoms with Crippen molar-refractivity contribution in [1.82, 2.24) is 0 Å². The average molecular weight is 767 g/mol. The topological polar surface area (TPSA) is 101 Å². The zero-order valence-corrected chi connectivity index (χ0v) is 27.1. The van der Waals surface area contributed by atoms with Crippen LogP contribution >= 0.6 is 59.4 Å². The summed E-state index contributed by atoms with van der Waals surface area (Å²) < 4.78 is 6.36. The number of benzene rings is 2. The lowest BCUT2D eigenvalue weighted by Crippen LogP contribution is -2.39. The van der Waals surface area contributed by atoms with E-state index in [9.17, 15) is 24.3 Å². The minimum Gasteiger partial charge on any atom is -0.503 e. The fraction of sp³-hybridized carbons (Fsp3) is 0.267. The van der Waals surface area contributed by atoms with Crippen molar-refractivity contribution in [2.75, 3.05) is 12.0 Å². The van der Waals surface area contributed by atoms with Crippen molar-refractivity contribution in [3.05, 3.63) is 82.7 Å². The number of rotatable bonds is 3. The molecule has 1 fully saturated rings. The molecule has 7 nitrogen and oxygen atoms in total. The summed E-state index contributed by atoms with van der Waals surface area (Å²) in [4.78, 5) is 55.9. The number of halogens is 4. The van der Waals surface area contributed by atoms with E-state index in [0.29, 0.717) is 42.8 Å². The maximum Gasteiger partial charge on any atom is 0.238 e. The maximum absolute atomic E-state index is 14.1. The third-order valence-electron chi connectivity index (χ3n) is 8.45. The number of aryl methyl sites for hydroxylation is 1. The van der Waals surface area contributed by atoms with Crippen LogP contribution in [-0.4, -0.2) is 35.6 Å². The van der Waals surface area contributed by atoms with Gasteiger partial charge in [-0.25, -0.2) is 4.90 Å².